The zero-order valence-electron chi connectivity index (χ0n) is 4.72. The predicted octanol–water partition coefficient (Wildman–Crippen LogP) is 0.610. The summed E-state index contributed by atoms with van der Waals surface area (Å²) in [6.07, 6.45) is 2.00. The average Bonchev–Trinajstić information content (AvgIpc) is 1.66. The summed E-state index contributed by atoms with van der Waals surface area (Å²) in [6.45, 7) is 0.622. The number of nitrogens with two attached hydrogens (primary N) is 1. The van der Waals surface area contributed by atoms with Crippen LogP contribution in [0.2, 0.25) is 0 Å². The molecule has 0 rings (SSSR count). The van der Waals surface area contributed by atoms with E-state index in [1.54, 1.807) is 11.8 Å². The molecule has 0 aromatic rings. The molecule has 0 radical (unpaired) electrons. The van der Waals surface area contributed by atoms with Crippen LogP contribution in [0.4, 0.5) is 0 Å². The summed E-state index contributed by atoms with van der Waals surface area (Å²) in [4.78, 5) is 0. The molecule has 0 saturated heterocycles. The van der Waals surface area contributed by atoms with E-state index in [2.05, 4.69) is 12.2 Å². The van der Waals surface area contributed by atoms with Gasteiger partial charge in [0.05, 0.1) is 6.61 Å². The third-order valence-electron chi connectivity index (χ3n) is 0.532. The molecule has 0 aliphatic carbocycles. The van der Waals surface area contributed by atoms with E-state index in [-0.39, 0.29) is 5.17 Å². The fraction of sp³-hybridized carbons (Fsp3) is 0.750. The summed E-state index contributed by atoms with van der Waals surface area (Å²) in [5, 5.41) is 0.138. The molecule has 4 heteroatoms. The zero-order valence-corrected chi connectivity index (χ0v) is 6.35. The van der Waals surface area contributed by atoms with Crippen molar-refractivity contribution in [2.75, 3.05) is 18.6 Å². The highest BCUT2D eigenvalue weighted by atomic mass is 32.2. The molecule has 0 aliphatic rings. The molecule has 0 aromatic heterocycles. The smallest absolute Gasteiger partial charge is 0.253 e. The highest BCUT2D eigenvalue weighted by Crippen LogP contribution is 1.89. The maximum absolute atomic E-state index is 5.03. The average molecular weight is 151 g/mol. The molecule has 0 spiro atoms. The van der Waals surface area contributed by atoms with Crippen molar-refractivity contribution in [2.45, 2.75) is 0 Å². The number of hydrogen-bond acceptors (Lipinski definition) is 3. The minimum Gasteiger partial charge on any atom is -0.470 e. The summed E-state index contributed by atoms with van der Waals surface area (Å²) in [5.74, 6) is 0.942. The summed E-state index contributed by atoms with van der Waals surface area (Å²) in [7, 11) is 0. The van der Waals surface area contributed by atoms with E-state index in [9.17, 15) is 0 Å². The second-order valence-electron chi connectivity index (χ2n) is 1.16. The minimum absolute atomic E-state index is 0.138. The van der Waals surface area contributed by atoms with Crippen LogP contribution in [-0.4, -0.2) is 23.8 Å². The van der Waals surface area contributed by atoms with Gasteiger partial charge in [0, 0.05) is 5.75 Å². The SMILES string of the molecule is CSCCOC(N)=S. The summed E-state index contributed by atoms with van der Waals surface area (Å²) >= 11 is 6.16. The first-order chi connectivity index (χ1) is 3.77. The van der Waals surface area contributed by atoms with Crippen LogP contribution in [0.3, 0.4) is 0 Å². The first-order valence-electron chi connectivity index (χ1n) is 2.18. The molecule has 2 nitrogen and oxygen atoms in total. The monoisotopic (exact) mass is 151 g/mol. The van der Waals surface area contributed by atoms with Gasteiger partial charge in [0.25, 0.3) is 5.17 Å². The number of hydrogen-bond donors (Lipinski definition) is 1. The lowest BCUT2D eigenvalue weighted by Crippen LogP contribution is -2.14. The molecule has 0 atom stereocenters. The number of thioether (sulfide) groups is 1. The summed E-state index contributed by atoms with van der Waals surface area (Å²) in [5.41, 5.74) is 5.03. The predicted molar refractivity (Wildman–Crippen MR) is 41.1 cm³/mol. The maximum Gasteiger partial charge on any atom is 0.253 e. The van der Waals surface area contributed by atoms with Gasteiger partial charge in [0.15, 0.2) is 0 Å². The number of thiocarbonyl (C=S) groups is 1. The molecule has 48 valence electrons. The minimum atomic E-state index is 0.138. The first-order valence-corrected chi connectivity index (χ1v) is 3.98. The Hall–Kier alpha value is 0.0400. The van der Waals surface area contributed by atoms with Crippen LogP contribution in [0, 0.1) is 0 Å². The van der Waals surface area contributed by atoms with Crippen LogP contribution in [-0.2, 0) is 4.74 Å². The van der Waals surface area contributed by atoms with Gasteiger partial charge in [-0.1, -0.05) is 0 Å². The van der Waals surface area contributed by atoms with Crippen LogP contribution in [0.15, 0.2) is 0 Å². The summed E-state index contributed by atoms with van der Waals surface area (Å²) in [6, 6.07) is 0. The molecule has 0 aromatic carbocycles. The second kappa shape index (κ2) is 5.18. The second-order valence-corrected chi connectivity index (χ2v) is 2.55. The fourth-order valence-corrected chi connectivity index (χ4v) is 0.559. The molecule has 0 saturated carbocycles. The molecule has 0 fully saturated rings. The van der Waals surface area contributed by atoms with Gasteiger partial charge in [-0.2, -0.15) is 11.8 Å². The van der Waals surface area contributed by atoms with E-state index in [1.165, 1.54) is 0 Å². The molecule has 2 N–H and O–H groups in total. The maximum atomic E-state index is 5.03. The van der Waals surface area contributed by atoms with E-state index >= 15 is 0 Å². The standard InChI is InChI=1S/C4H9NOS2/c1-8-3-2-6-4(5)7/h2-3H2,1H3,(H2,5,7). The summed E-state index contributed by atoms with van der Waals surface area (Å²) < 4.78 is 4.77. The molecule has 0 heterocycles. The quantitative estimate of drug-likeness (QED) is 0.473. The fourth-order valence-electron chi connectivity index (χ4n) is 0.226. The van der Waals surface area contributed by atoms with Gasteiger partial charge in [-0.25, -0.2) is 0 Å². The van der Waals surface area contributed by atoms with Crippen molar-refractivity contribution in [1.29, 1.82) is 0 Å². The molecular weight excluding hydrogens is 142 g/mol. The molecule has 0 amide bonds. The van der Waals surface area contributed by atoms with Crippen LogP contribution in [0.5, 0.6) is 0 Å². The van der Waals surface area contributed by atoms with Crippen molar-refractivity contribution in [3.63, 3.8) is 0 Å². The normalized spacial score (nSPS) is 8.62. The van der Waals surface area contributed by atoms with Crippen molar-refractivity contribution in [3.8, 4) is 0 Å². The highest BCUT2D eigenvalue weighted by Gasteiger charge is 1.85. The van der Waals surface area contributed by atoms with Crippen LogP contribution in [0.25, 0.3) is 0 Å². The van der Waals surface area contributed by atoms with Gasteiger partial charge >= 0.3 is 0 Å². The third-order valence-corrected chi connectivity index (χ3v) is 1.22. The lowest BCUT2D eigenvalue weighted by atomic mass is 10.9. The van der Waals surface area contributed by atoms with E-state index in [0.29, 0.717) is 6.61 Å². The van der Waals surface area contributed by atoms with Gasteiger partial charge in [-0.3, -0.25) is 0 Å². The Morgan fingerprint density at radius 2 is 2.50 bits per heavy atom. The highest BCUT2D eigenvalue weighted by molar-refractivity contribution is 7.98. The van der Waals surface area contributed by atoms with E-state index in [0.717, 1.165) is 5.75 Å². The molecule has 0 unspecified atom stereocenters. The Labute approximate surface area is 58.8 Å². The van der Waals surface area contributed by atoms with E-state index < -0.39 is 0 Å². The Kier molecular flexibility index (Phi) is 5.21. The van der Waals surface area contributed by atoms with Gasteiger partial charge < -0.3 is 10.5 Å². The lowest BCUT2D eigenvalue weighted by Gasteiger charge is -1.98. The van der Waals surface area contributed by atoms with Crippen molar-refractivity contribution >= 4 is 29.2 Å². The number of ether oxygens (including phenoxy) is 1. The lowest BCUT2D eigenvalue weighted by molar-refractivity contribution is 0.335. The van der Waals surface area contributed by atoms with E-state index in [4.69, 9.17) is 10.5 Å². The molecule has 8 heavy (non-hydrogen) atoms. The Balaban J connectivity index is 2.82. The topological polar surface area (TPSA) is 35.2 Å². The van der Waals surface area contributed by atoms with Crippen LogP contribution >= 0.6 is 24.0 Å². The van der Waals surface area contributed by atoms with Crippen LogP contribution < -0.4 is 5.73 Å². The Bertz CT molecular complexity index is 76.4. The number of rotatable bonds is 3. The van der Waals surface area contributed by atoms with Crippen LogP contribution in [0.1, 0.15) is 0 Å². The van der Waals surface area contributed by atoms with Gasteiger partial charge in [0.1, 0.15) is 0 Å². The van der Waals surface area contributed by atoms with Crippen molar-refractivity contribution in [3.05, 3.63) is 0 Å². The van der Waals surface area contributed by atoms with Gasteiger partial charge in [-0.15, -0.1) is 0 Å². The van der Waals surface area contributed by atoms with Gasteiger partial charge in [-0.05, 0) is 18.5 Å². The molecule has 0 aliphatic heterocycles. The zero-order chi connectivity index (χ0) is 6.41. The molecule has 0 bridgehead atoms. The van der Waals surface area contributed by atoms with E-state index in [1.807, 2.05) is 6.26 Å². The largest absolute Gasteiger partial charge is 0.470 e. The Morgan fingerprint density at radius 1 is 1.88 bits per heavy atom. The van der Waals surface area contributed by atoms with Crippen molar-refractivity contribution < 1.29 is 4.74 Å². The first kappa shape index (κ1) is 8.04. The Morgan fingerprint density at radius 3 is 2.88 bits per heavy atom. The van der Waals surface area contributed by atoms with Crippen molar-refractivity contribution in [1.82, 2.24) is 0 Å². The third kappa shape index (κ3) is 6.04. The molecular formula is C4H9NOS2. The van der Waals surface area contributed by atoms with Gasteiger partial charge in [0.2, 0.25) is 0 Å². The van der Waals surface area contributed by atoms with Crippen molar-refractivity contribution in [2.24, 2.45) is 5.73 Å².